The number of benzene rings is 2. The molecule has 0 bridgehead atoms. The average molecular weight is 509 g/mol. The number of anilines is 1. The topological polar surface area (TPSA) is 148 Å². The van der Waals surface area contributed by atoms with Crippen LogP contribution in [-0.4, -0.2) is 46.5 Å². The average Bonchev–Trinajstić information content (AvgIpc) is 2.82. The molecule has 1 aliphatic heterocycles. The number of hydrogen-bond donors (Lipinski definition) is 3. The van der Waals surface area contributed by atoms with Crippen LogP contribution >= 0.6 is 23.2 Å². The van der Waals surface area contributed by atoms with Gasteiger partial charge in [0.25, 0.3) is 0 Å². The maximum absolute atomic E-state index is 14.4. The Balaban J connectivity index is 1.81. The molecule has 13 heteroatoms. The summed E-state index contributed by atoms with van der Waals surface area (Å²) in [6, 6.07) is 7.29. The van der Waals surface area contributed by atoms with E-state index in [9.17, 15) is 23.9 Å². The van der Waals surface area contributed by atoms with Gasteiger partial charge in [-0.05, 0) is 35.2 Å². The molecule has 178 valence electrons. The van der Waals surface area contributed by atoms with Gasteiger partial charge in [0.05, 0.1) is 22.3 Å². The third-order valence-corrected chi connectivity index (χ3v) is 6.09. The van der Waals surface area contributed by atoms with Crippen molar-refractivity contribution in [3.05, 3.63) is 73.8 Å². The lowest BCUT2D eigenvalue weighted by molar-refractivity contribution is -0.130. The number of amides is 3. The molecular weight excluding hydrogens is 490 g/mol. The second-order valence-corrected chi connectivity index (χ2v) is 8.20. The number of carbonyl (C=O) groups excluding carboxylic acids is 2. The van der Waals surface area contributed by atoms with Crippen molar-refractivity contribution in [1.29, 1.82) is 0 Å². The largest absolute Gasteiger partial charge is 0.465 e. The Morgan fingerprint density at radius 1 is 1.24 bits per heavy atom. The molecule has 0 fully saturated rings. The van der Waals surface area contributed by atoms with Crippen LogP contribution in [0.25, 0.3) is 10.4 Å². The van der Waals surface area contributed by atoms with E-state index in [1.54, 1.807) is 24.3 Å². The van der Waals surface area contributed by atoms with E-state index < -0.39 is 35.8 Å². The number of nitrogens with zero attached hydrogens (tertiary/aromatic N) is 4. The molecule has 3 N–H and O–H groups in total. The van der Waals surface area contributed by atoms with Crippen molar-refractivity contribution in [3.8, 4) is 0 Å². The van der Waals surface area contributed by atoms with Crippen LogP contribution in [0.4, 0.5) is 14.9 Å². The third-order valence-electron chi connectivity index (χ3n) is 5.30. The maximum Gasteiger partial charge on any atom is 0.408 e. The van der Waals surface area contributed by atoms with E-state index in [2.05, 4.69) is 20.7 Å². The molecule has 0 radical (unpaired) electrons. The van der Waals surface area contributed by atoms with Gasteiger partial charge in [-0.25, -0.2) is 9.18 Å². The Kier molecular flexibility index (Phi) is 8.17. The third kappa shape index (κ3) is 5.69. The van der Waals surface area contributed by atoms with Crippen molar-refractivity contribution < 1.29 is 23.9 Å². The zero-order chi connectivity index (χ0) is 24.8. The van der Waals surface area contributed by atoms with E-state index in [4.69, 9.17) is 28.7 Å². The highest BCUT2D eigenvalue weighted by Crippen LogP contribution is 2.30. The summed E-state index contributed by atoms with van der Waals surface area (Å²) < 4.78 is 14.4. The number of carbonyl (C=O) groups is 3. The van der Waals surface area contributed by atoms with E-state index in [0.717, 1.165) is 16.0 Å². The summed E-state index contributed by atoms with van der Waals surface area (Å²) in [6.07, 6.45) is -1.29. The van der Waals surface area contributed by atoms with Crippen LogP contribution in [0, 0.1) is 5.82 Å². The number of carboxylic acid groups (broad SMARTS) is 1. The van der Waals surface area contributed by atoms with E-state index >= 15 is 0 Å². The predicted octanol–water partition coefficient (Wildman–Crippen LogP) is 4.36. The number of azide groups is 1. The van der Waals surface area contributed by atoms with Crippen LogP contribution in [0.15, 0.2) is 41.5 Å². The van der Waals surface area contributed by atoms with Crippen LogP contribution < -0.4 is 10.6 Å². The normalized spacial score (nSPS) is 15.5. The lowest BCUT2D eigenvalue weighted by Crippen LogP contribution is -2.56. The minimum absolute atomic E-state index is 0.00761. The minimum atomic E-state index is -1.29. The van der Waals surface area contributed by atoms with Gasteiger partial charge in [0.2, 0.25) is 11.8 Å². The van der Waals surface area contributed by atoms with Gasteiger partial charge in [0.15, 0.2) is 5.82 Å². The van der Waals surface area contributed by atoms with Crippen LogP contribution in [0.3, 0.4) is 0 Å². The number of halogens is 3. The second kappa shape index (κ2) is 11.1. The first-order chi connectivity index (χ1) is 16.2. The lowest BCUT2D eigenvalue weighted by Gasteiger charge is -2.34. The monoisotopic (exact) mass is 508 g/mol. The van der Waals surface area contributed by atoms with Crippen LogP contribution in [0.1, 0.15) is 17.5 Å². The maximum atomic E-state index is 14.4. The molecule has 0 saturated carbocycles. The highest BCUT2D eigenvalue weighted by Gasteiger charge is 2.36. The fourth-order valence-electron chi connectivity index (χ4n) is 3.57. The number of fused-ring (bicyclic) bond motifs is 1. The standard InChI is InChI=1S/C21H19Cl2FN6O4/c22-13-5-6-14(18(24)17(13)23)27-19(31)15(7-8-26-29-25)28-20(32)16-9-11-3-1-2-4-12(11)10-30(16)21(33)34/h1-6,15-16H,7-10H2,(H,27,31)(H,28,32)(H,33,34)/t15?,16-/m0/s1. The van der Waals surface area contributed by atoms with Crippen molar-refractivity contribution in [1.82, 2.24) is 10.2 Å². The van der Waals surface area contributed by atoms with E-state index in [-0.39, 0.29) is 41.7 Å². The molecule has 3 rings (SSSR count). The molecule has 0 aliphatic carbocycles. The molecule has 1 heterocycles. The molecule has 2 aromatic carbocycles. The SMILES string of the molecule is [N-]=[N+]=NCCC(NC(=O)[C@@H]1Cc2ccccc2CN1C(=O)O)C(=O)Nc1ccc(Cl)c(Cl)c1F. The van der Waals surface area contributed by atoms with Crippen molar-refractivity contribution in [2.45, 2.75) is 31.5 Å². The first kappa shape index (κ1) is 25.1. The molecule has 2 atom stereocenters. The summed E-state index contributed by atoms with van der Waals surface area (Å²) in [5.74, 6) is -2.48. The molecule has 10 nitrogen and oxygen atoms in total. The van der Waals surface area contributed by atoms with Gasteiger partial charge in [0.1, 0.15) is 12.1 Å². The Hall–Kier alpha value is -3.53. The molecule has 34 heavy (non-hydrogen) atoms. The van der Waals surface area contributed by atoms with Gasteiger partial charge in [-0.15, -0.1) is 0 Å². The molecule has 0 aromatic heterocycles. The van der Waals surface area contributed by atoms with Gasteiger partial charge in [0, 0.05) is 17.9 Å². The summed E-state index contributed by atoms with van der Waals surface area (Å²) in [5.41, 5.74) is 9.87. The first-order valence-corrected chi connectivity index (χ1v) is 10.8. The molecule has 2 aromatic rings. The first-order valence-electron chi connectivity index (χ1n) is 10.0. The van der Waals surface area contributed by atoms with Gasteiger partial charge >= 0.3 is 6.09 Å². The lowest BCUT2D eigenvalue weighted by atomic mass is 9.93. The summed E-state index contributed by atoms with van der Waals surface area (Å²) >= 11 is 11.5. The van der Waals surface area contributed by atoms with Gasteiger partial charge in [-0.1, -0.05) is 52.6 Å². The van der Waals surface area contributed by atoms with Crippen molar-refractivity contribution >= 4 is 46.8 Å². The molecule has 1 unspecified atom stereocenters. The highest BCUT2D eigenvalue weighted by atomic mass is 35.5. The van der Waals surface area contributed by atoms with Gasteiger partial charge in [-0.2, -0.15) is 0 Å². The number of nitrogens with one attached hydrogen (secondary N) is 2. The van der Waals surface area contributed by atoms with Crippen molar-refractivity contribution in [2.24, 2.45) is 5.11 Å². The zero-order valence-corrected chi connectivity index (χ0v) is 19.1. The number of rotatable bonds is 7. The van der Waals surface area contributed by atoms with E-state index in [1.807, 2.05) is 0 Å². The van der Waals surface area contributed by atoms with Crippen molar-refractivity contribution in [3.63, 3.8) is 0 Å². The summed E-state index contributed by atoms with van der Waals surface area (Å²) in [6.45, 7) is -0.136. The fraction of sp³-hybridized carbons (Fsp3) is 0.286. The zero-order valence-electron chi connectivity index (χ0n) is 17.5. The fourth-order valence-corrected chi connectivity index (χ4v) is 3.88. The van der Waals surface area contributed by atoms with Gasteiger partial charge in [-0.3, -0.25) is 14.5 Å². The second-order valence-electron chi connectivity index (χ2n) is 7.42. The van der Waals surface area contributed by atoms with Crippen LogP contribution in [-0.2, 0) is 22.6 Å². The van der Waals surface area contributed by atoms with E-state index in [0.29, 0.717) is 0 Å². The quantitative estimate of drug-likeness (QED) is 0.220. The van der Waals surface area contributed by atoms with E-state index in [1.165, 1.54) is 12.1 Å². The Labute approximate surface area is 203 Å². The summed E-state index contributed by atoms with van der Waals surface area (Å²) in [5, 5.41) is 17.4. The minimum Gasteiger partial charge on any atom is -0.465 e. The predicted molar refractivity (Wildman–Crippen MR) is 123 cm³/mol. The number of hydrogen-bond acceptors (Lipinski definition) is 4. The molecule has 3 amide bonds. The smallest absolute Gasteiger partial charge is 0.408 e. The Morgan fingerprint density at radius 3 is 2.62 bits per heavy atom. The molecule has 0 spiro atoms. The summed E-state index contributed by atoms with van der Waals surface area (Å²) in [7, 11) is 0. The van der Waals surface area contributed by atoms with Crippen LogP contribution in [0.5, 0.6) is 0 Å². The Bertz CT molecular complexity index is 1170. The Morgan fingerprint density at radius 2 is 1.94 bits per heavy atom. The van der Waals surface area contributed by atoms with Gasteiger partial charge < -0.3 is 15.7 Å². The van der Waals surface area contributed by atoms with Crippen LogP contribution in [0.2, 0.25) is 10.0 Å². The van der Waals surface area contributed by atoms with Crippen molar-refractivity contribution in [2.75, 3.05) is 11.9 Å². The molecular formula is C21H19Cl2FN6O4. The molecule has 0 saturated heterocycles. The summed E-state index contributed by atoms with van der Waals surface area (Å²) in [4.78, 5) is 41.3. The highest BCUT2D eigenvalue weighted by molar-refractivity contribution is 6.42. The molecule has 1 aliphatic rings.